The van der Waals surface area contributed by atoms with Gasteiger partial charge in [-0.05, 0) is 49.2 Å². The lowest BCUT2D eigenvalue weighted by atomic mass is 10.3. The Kier molecular flexibility index (Phi) is 3.85. The van der Waals surface area contributed by atoms with Crippen molar-refractivity contribution in [3.05, 3.63) is 48.3 Å². The summed E-state index contributed by atoms with van der Waals surface area (Å²) in [6, 6.07) is 10.5. The second kappa shape index (κ2) is 5.79. The molecule has 3 rings (SSSR count). The second-order valence-corrected chi connectivity index (χ2v) is 6.70. The molecule has 1 aromatic carbocycles. The smallest absolute Gasteiger partial charge is 0.240 e. The standard InChI is InChI=1S/C14H16N4O2S/c19-21(20,18-12-3-4-12)14-7-5-11(6-8-14)15-10-13-2-1-9-16-17-13/h1-2,5-9,12,15,18H,3-4,10H2. The SMILES string of the molecule is O=S(=O)(NC1CC1)c1ccc(NCc2cccnn2)cc1. The third-order valence-electron chi connectivity index (χ3n) is 3.16. The maximum atomic E-state index is 12.0. The van der Waals surface area contributed by atoms with Crippen LogP contribution in [0.15, 0.2) is 47.5 Å². The molecule has 0 radical (unpaired) electrons. The largest absolute Gasteiger partial charge is 0.379 e. The fourth-order valence-electron chi connectivity index (χ4n) is 1.86. The zero-order chi connectivity index (χ0) is 14.7. The van der Waals surface area contributed by atoms with E-state index in [1.165, 1.54) is 0 Å². The first-order valence-corrected chi connectivity index (χ1v) is 8.25. The Bertz CT molecular complexity index is 698. The van der Waals surface area contributed by atoms with E-state index < -0.39 is 10.0 Å². The number of nitrogens with zero attached hydrogens (tertiary/aromatic N) is 2. The number of hydrogen-bond acceptors (Lipinski definition) is 5. The Morgan fingerprint density at radius 1 is 1.14 bits per heavy atom. The molecule has 21 heavy (non-hydrogen) atoms. The number of nitrogens with one attached hydrogen (secondary N) is 2. The van der Waals surface area contributed by atoms with Gasteiger partial charge in [0.2, 0.25) is 10.0 Å². The summed E-state index contributed by atoms with van der Waals surface area (Å²) in [6.45, 7) is 0.542. The van der Waals surface area contributed by atoms with Crippen LogP contribution >= 0.6 is 0 Å². The molecule has 0 atom stereocenters. The molecule has 6 nitrogen and oxygen atoms in total. The third-order valence-corrected chi connectivity index (χ3v) is 4.70. The van der Waals surface area contributed by atoms with Crippen LogP contribution in [0.2, 0.25) is 0 Å². The first-order chi connectivity index (χ1) is 10.1. The summed E-state index contributed by atoms with van der Waals surface area (Å²) in [7, 11) is -3.38. The topological polar surface area (TPSA) is 84.0 Å². The molecular formula is C14H16N4O2S. The van der Waals surface area contributed by atoms with E-state index in [1.807, 2.05) is 12.1 Å². The zero-order valence-electron chi connectivity index (χ0n) is 11.4. The van der Waals surface area contributed by atoms with Gasteiger partial charge in [-0.15, -0.1) is 0 Å². The lowest BCUT2D eigenvalue weighted by Gasteiger charge is -2.08. The van der Waals surface area contributed by atoms with Crippen molar-refractivity contribution in [1.29, 1.82) is 0 Å². The molecule has 1 saturated carbocycles. The van der Waals surface area contributed by atoms with E-state index in [4.69, 9.17) is 0 Å². The van der Waals surface area contributed by atoms with Crippen LogP contribution in [0.3, 0.4) is 0 Å². The van der Waals surface area contributed by atoms with E-state index in [1.54, 1.807) is 30.5 Å². The molecule has 2 aromatic rings. The lowest BCUT2D eigenvalue weighted by molar-refractivity contribution is 0.581. The van der Waals surface area contributed by atoms with Crippen LogP contribution in [0.4, 0.5) is 5.69 Å². The molecule has 1 fully saturated rings. The van der Waals surface area contributed by atoms with Crippen LogP contribution < -0.4 is 10.0 Å². The van der Waals surface area contributed by atoms with Crippen molar-refractivity contribution in [3.8, 4) is 0 Å². The highest BCUT2D eigenvalue weighted by Crippen LogP contribution is 2.22. The first-order valence-electron chi connectivity index (χ1n) is 6.76. The summed E-state index contributed by atoms with van der Waals surface area (Å²) < 4.78 is 26.7. The van der Waals surface area contributed by atoms with Gasteiger partial charge in [-0.1, -0.05) is 0 Å². The first kappa shape index (κ1) is 14.0. The van der Waals surface area contributed by atoms with E-state index in [-0.39, 0.29) is 6.04 Å². The average molecular weight is 304 g/mol. The van der Waals surface area contributed by atoms with Gasteiger partial charge in [0.15, 0.2) is 0 Å². The van der Waals surface area contributed by atoms with Crippen molar-refractivity contribution in [2.24, 2.45) is 0 Å². The average Bonchev–Trinajstić information content (AvgIpc) is 3.30. The molecule has 0 bridgehead atoms. The van der Waals surface area contributed by atoms with Crippen LogP contribution in [0.1, 0.15) is 18.5 Å². The molecular weight excluding hydrogens is 288 g/mol. The second-order valence-electron chi connectivity index (χ2n) is 4.99. The summed E-state index contributed by atoms with van der Waals surface area (Å²) in [5, 5.41) is 10.9. The Labute approximate surface area is 123 Å². The summed E-state index contributed by atoms with van der Waals surface area (Å²) in [5.41, 5.74) is 1.66. The van der Waals surface area contributed by atoms with E-state index in [0.29, 0.717) is 11.4 Å². The quantitative estimate of drug-likeness (QED) is 0.845. The molecule has 1 aliphatic carbocycles. The normalized spacial score (nSPS) is 14.9. The van der Waals surface area contributed by atoms with Gasteiger partial charge in [-0.3, -0.25) is 0 Å². The number of benzene rings is 1. The molecule has 1 aromatic heterocycles. The van der Waals surface area contributed by atoms with Crippen molar-refractivity contribution in [2.75, 3.05) is 5.32 Å². The highest BCUT2D eigenvalue weighted by Gasteiger charge is 2.27. The fourth-order valence-corrected chi connectivity index (χ4v) is 3.17. The predicted molar refractivity (Wildman–Crippen MR) is 79.1 cm³/mol. The third kappa shape index (κ3) is 3.77. The molecule has 1 aliphatic rings. The number of hydrogen-bond donors (Lipinski definition) is 2. The van der Waals surface area contributed by atoms with E-state index in [2.05, 4.69) is 20.2 Å². The number of anilines is 1. The molecule has 0 aliphatic heterocycles. The number of rotatable bonds is 6. The highest BCUT2D eigenvalue weighted by atomic mass is 32.2. The van der Waals surface area contributed by atoms with Crippen LogP contribution in [-0.4, -0.2) is 24.7 Å². The van der Waals surface area contributed by atoms with Crippen molar-refractivity contribution in [3.63, 3.8) is 0 Å². The Hall–Kier alpha value is -1.99. The summed E-state index contributed by atoms with van der Waals surface area (Å²) in [4.78, 5) is 0.291. The van der Waals surface area contributed by atoms with E-state index in [0.717, 1.165) is 24.2 Å². The minimum atomic E-state index is -3.38. The predicted octanol–water partition coefficient (Wildman–Crippen LogP) is 1.53. The van der Waals surface area contributed by atoms with Gasteiger partial charge in [0, 0.05) is 17.9 Å². The lowest BCUT2D eigenvalue weighted by Crippen LogP contribution is -2.25. The highest BCUT2D eigenvalue weighted by molar-refractivity contribution is 7.89. The molecule has 0 saturated heterocycles. The Morgan fingerprint density at radius 2 is 1.90 bits per heavy atom. The van der Waals surface area contributed by atoms with Crippen LogP contribution in [-0.2, 0) is 16.6 Å². The van der Waals surface area contributed by atoms with Gasteiger partial charge < -0.3 is 5.32 Å². The van der Waals surface area contributed by atoms with Gasteiger partial charge in [-0.2, -0.15) is 10.2 Å². The monoisotopic (exact) mass is 304 g/mol. The molecule has 0 amide bonds. The number of aromatic nitrogens is 2. The van der Waals surface area contributed by atoms with Crippen molar-refractivity contribution >= 4 is 15.7 Å². The van der Waals surface area contributed by atoms with Crippen LogP contribution in [0.5, 0.6) is 0 Å². The van der Waals surface area contributed by atoms with Crippen LogP contribution in [0, 0.1) is 0 Å². The Morgan fingerprint density at radius 3 is 2.52 bits per heavy atom. The van der Waals surface area contributed by atoms with Gasteiger partial charge in [0.05, 0.1) is 17.1 Å². The maximum absolute atomic E-state index is 12.0. The molecule has 2 N–H and O–H groups in total. The van der Waals surface area contributed by atoms with Gasteiger partial charge >= 0.3 is 0 Å². The molecule has 1 heterocycles. The number of sulfonamides is 1. The van der Waals surface area contributed by atoms with Crippen molar-refractivity contribution in [2.45, 2.75) is 30.3 Å². The summed E-state index contributed by atoms with van der Waals surface area (Å²) in [6.07, 6.45) is 3.48. The van der Waals surface area contributed by atoms with Gasteiger partial charge in [0.1, 0.15) is 0 Å². The van der Waals surface area contributed by atoms with Crippen molar-refractivity contribution < 1.29 is 8.42 Å². The fraction of sp³-hybridized carbons (Fsp3) is 0.286. The molecule has 0 spiro atoms. The molecule has 110 valence electrons. The zero-order valence-corrected chi connectivity index (χ0v) is 12.2. The molecule has 0 unspecified atom stereocenters. The Balaban J connectivity index is 1.63. The minimum Gasteiger partial charge on any atom is -0.379 e. The summed E-state index contributed by atoms with van der Waals surface area (Å²) in [5.74, 6) is 0. The van der Waals surface area contributed by atoms with Crippen LogP contribution in [0.25, 0.3) is 0 Å². The van der Waals surface area contributed by atoms with Gasteiger partial charge in [-0.25, -0.2) is 13.1 Å². The molecule has 7 heteroatoms. The van der Waals surface area contributed by atoms with E-state index in [9.17, 15) is 8.42 Å². The minimum absolute atomic E-state index is 0.115. The van der Waals surface area contributed by atoms with E-state index >= 15 is 0 Å². The summed E-state index contributed by atoms with van der Waals surface area (Å²) >= 11 is 0. The van der Waals surface area contributed by atoms with Crippen molar-refractivity contribution in [1.82, 2.24) is 14.9 Å². The van der Waals surface area contributed by atoms with Gasteiger partial charge in [0.25, 0.3) is 0 Å². The maximum Gasteiger partial charge on any atom is 0.240 e.